The van der Waals surface area contributed by atoms with Gasteiger partial charge in [-0.2, -0.15) is 0 Å². The summed E-state index contributed by atoms with van der Waals surface area (Å²) in [5.41, 5.74) is 1.60. The van der Waals surface area contributed by atoms with Gasteiger partial charge in [-0.05, 0) is 24.1 Å². The van der Waals surface area contributed by atoms with E-state index in [4.69, 9.17) is 11.6 Å². The molecule has 0 saturated carbocycles. The largest absolute Gasteiger partial charge is 0.374 e. The molecular formula is C13H18ClNO. The first-order chi connectivity index (χ1) is 7.58. The second-order valence-corrected chi connectivity index (χ2v) is 4.62. The zero-order valence-electron chi connectivity index (χ0n) is 10.0. The summed E-state index contributed by atoms with van der Waals surface area (Å²) in [6.07, 6.45) is 1.94. The summed E-state index contributed by atoms with van der Waals surface area (Å²) in [6.45, 7) is 5.39. The van der Waals surface area contributed by atoms with Crippen LogP contribution in [-0.2, 0) is 0 Å². The third kappa shape index (κ3) is 3.24. The van der Waals surface area contributed by atoms with Crippen LogP contribution in [-0.4, -0.2) is 19.9 Å². The minimum absolute atomic E-state index is 0.517. The van der Waals surface area contributed by atoms with Crippen LogP contribution in [0.15, 0.2) is 18.2 Å². The van der Waals surface area contributed by atoms with Gasteiger partial charge in [0.15, 0.2) is 6.29 Å². The topological polar surface area (TPSA) is 20.3 Å². The molecule has 88 valence electrons. The molecule has 0 N–H and O–H groups in total. The van der Waals surface area contributed by atoms with Crippen molar-refractivity contribution >= 4 is 23.6 Å². The molecule has 0 aliphatic rings. The van der Waals surface area contributed by atoms with E-state index in [1.54, 1.807) is 6.07 Å². The van der Waals surface area contributed by atoms with Crippen molar-refractivity contribution in [2.75, 3.05) is 18.5 Å². The number of hydrogen-bond acceptors (Lipinski definition) is 2. The molecule has 0 fully saturated rings. The SMILES string of the molecule is CCC(C)CN(C)c1ccc(C=O)c(Cl)c1. The lowest BCUT2D eigenvalue weighted by atomic mass is 10.1. The van der Waals surface area contributed by atoms with E-state index in [-0.39, 0.29) is 0 Å². The molecule has 3 heteroatoms. The summed E-state index contributed by atoms with van der Waals surface area (Å²) in [4.78, 5) is 12.8. The molecule has 16 heavy (non-hydrogen) atoms. The van der Waals surface area contributed by atoms with Crippen molar-refractivity contribution < 1.29 is 4.79 Å². The third-order valence-corrected chi connectivity index (χ3v) is 3.16. The molecule has 0 amide bonds. The maximum atomic E-state index is 10.6. The molecule has 0 heterocycles. The van der Waals surface area contributed by atoms with Crippen molar-refractivity contribution in [3.8, 4) is 0 Å². The molecule has 0 radical (unpaired) electrons. The van der Waals surface area contributed by atoms with Crippen molar-refractivity contribution in [3.63, 3.8) is 0 Å². The van der Waals surface area contributed by atoms with Crippen LogP contribution in [0.4, 0.5) is 5.69 Å². The van der Waals surface area contributed by atoms with Gasteiger partial charge in [0.1, 0.15) is 0 Å². The number of carbonyl (C=O) groups is 1. The number of rotatable bonds is 5. The van der Waals surface area contributed by atoms with Gasteiger partial charge in [-0.3, -0.25) is 4.79 Å². The number of carbonyl (C=O) groups excluding carboxylic acids is 1. The number of halogens is 1. The highest BCUT2D eigenvalue weighted by Crippen LogP contribution is 2.22. The van der Waals surface area contributed by atoms with E-state index in [2.05, 4.69) is 18.7 Å². The normalized spacial score (nSPS) is 12.2. The Bertz CT molecular complexity index is 365. The van der Waals surface area contributed by atoms with E-state index in [1.807, 2.05) is 19.2 Å². The summed E-state index contributed by atoms with van der Waals surface area (Å²) < 4.78 is 0. The third-order valence-electron chi connectivity index (χ3n) is 2.83. The number of nitrogens with zero attached hydrogens (tertiary/aromatic N) is 1. The van der Waals surface area contributed by atoms with Crippen molar-refractivity contribution in [2.45, 2.75) is 20.3 Å². The number of benzene rings is 1. The average molecular weight is 240 g/mol. The minimum atomic E-state index is 0.517. The molecule has 0 saturated heterocycles. The van der Waals surface area contributed by atoms with Crippen molar-refractivity contribution in [1.82, 2.24) is 0 Å². The molecule has 2 nitrogen and oxygen atoms in total. The van der Waals surface area contributed by atoms with Crippen LogP contribution in [0.1, 0.15) is 30.6 Å². The standard InChI is InChI=1S/C13H18ClNO/c1-4-10(2)8-15(3)12-6-5-11(9-16)13(14)7-12/h5-7,9-10H,4,8H2,1-3H3. The van der Waals surface area contributed by atoms with Gasteiger partial charge in [0.25, 0.3) is 0 Å². The van der Waals surface area contributed by atoms with Gasteiger partial charge >= 0.3 is 0 Å². The first-order valence-electron chi connectivity index (χ1n) is 5.54. The number of hydrogen-bond donors (Lipinski definition) is 0. The smallest absolute Gasteiger partial charge is 0.151 e. The predicted octanol–water partition coefficient (Wildman–Crippen LogP) is 3.63. The van der Waals surface area contributed by atoms with Gasteiger partial charge in [-0.25, -0.2) is 0 Å². The van der Waals surface area contributed by atoms with Gasteiger partial charge in [0, 0.05) is 24.8 Å². The summed E-state index contributed by atoms with van der Waals surface area (Å²) in [6, 6.07) is 5.53. The Labute approximate surface area is 102 Å². The Kier molecular flexibility index (Phi) is 4.81. The Morgan fingerprint density at radius 2 is 2.19 bits per heavy atom. The van der Waals surface area contributed by atoms with Gasteiger partial charge in [-0.1, -0.05) is 31.9 Å². The molecule has 1 atom stereocenters. The monoisotopic (exact) mass is 239 g/mol. The maximum Gasteiger partial charge on any atom is 0.151 e. The highest BCUT2D eigenvalue weighted by molar-refractivity contribution is 6.33. The van der Waals surface area contributed by atoms with E-state index in [0.717, 1.165) is 24.9 Å². The Balaban J connectivity index is 2.80. The molecule has 0 spiro atoms. The molecule has 0 aliphatic heterocycles. The van der Waals surface area contributed by atoms with Crippen LogP contribution >= 0.6 is 11.6 Å². The van der Waals surface area contributed by atoms with E-state index < -0.39 is 0 Å². The van der Waals surface area contributed by atoms with E-state index in [0.29, 0.717) is 16.5 Å². The summed E-state index contributed by atoms with van der Waals surface area (Å²) >= 11 is 5.99. The fourth-order valence-electron chi connectivity index (χ4n) is 1.55. The first kappa shape index (κ1) is 13.0. The summed E-state index contributed by atoms with van der Waals surface area (Å²) in [5, 5.41) is 0.517. The second-order valence-electron chi connectivity index (χ2n) is 4.22. The zero-order chi connectivity index (χ0) is 12.1. The van der Waals surface area contributed by atoms with Crippen LogP contribution in [0.25, 0.3) is 0 Å². The van der Waals surface area contributed by atoms with Crippen LogP contribution in [0.5, 0.6) is 0 Å². The molecule has 0 aliphatic carbocycles. The molecule has 1 rings (SSSR count). The Hall–Kier alpha value is -1.02. The van der Waals surface area contributed by atoms with Crippen LogP contribution < -0.4 is 4.90 Å². The van der Waals surface area contributed by atoms with E-state index >= 15 is 0 Å². The molecule has 0 aromatic heterocycles. The van der Waals surface area contributed by atoms with Gasteiger partial charge in [0.2, 0.25) is 0 Å². The zero-order valence-corrected chi connectivity index (χ0v) is 10.8. The van der Waals surface area contributed by atoms with Gasteiger partial charge < -0.3 is 4.90 Å². The minimum Gasteiger partial charge on any atom is -0.374 e. The molecule has 1 aromatic carbocycles. The number of aldehydes is 1. The van der Waals surface area contributed by atoms with Crippen molar-refractivity contribution in [2.24, 2.45) is 5.92 Å². The van der Waals surface area contributed by atoms with Gasteiger partial charge in [-0.15, -0.1) is 0 Å². The van der Waals surface area contributed by atoms with Crippen LogP contribution in [0.3, 0.4) is 0 Å². The average Bonchev–Trinajstić information content (AvgIpc) is 2.28. The fraction of sp³-hybridized carbons (Fsp3) is 0.462. The van der Waals surface area contributed by atoms with Crippen LogP contribution in [0.2, 0.25) is 5.02 Å². The van der Waals surface area contributed by atoms with E-state index in [9.17, 15) is 4.79 Å². The first-order valence-corrected chi connectivity index (χ1v) is 5.92. The Morgan fingerprint density at radius 3 is 2.69 bits per heavy atom. The summed E-state index contributed by atoms with van der Waals surface area (Å²) in [7, 11) is 2.04. The van der Waals surface area contributed by atoms with E-state index in [1.165, 1.54) is 0 Å². The number of anilines is 1. The quantitative estimate of drug-likeness (QED) is 0.732. The molecule has 1 aromatic rings. The lowest BCUT2D eigenvalue weighted by Gasteiger charge is -2.23. The highest BCUT2D eigenvalue weighted by atomic mass is 35.5. The Morgan fingerprint density at radius 1 is 1.50 bits per heavy atom. The summed E-state index contributed by atoms with van der Waals surface area (Å²) in [5.74, 6) is 0.648. The second kappa shape index (κ2) is 5.90. The molecule has 1 unspecified atom stereocenters. The molecule has 0 bridgehead atoms. The lowest BCUT2D eigenvalue weighted by molar-refractivity contribution is 0.112. The fourth-order valence-corrected chi connectivity index (χ4v) is 1.77. The maximum absolute atomic E-state index is 10.6. The van der Waals surface area contributed by atoms with Crippen molar-refractivity contribution in [3.05, 3.63) is 28.8 Å². The lowest BCUT2D eigenvalue weighted by Crippen LogP contribution is -2.23. The van der Waals surface area contributed by atoms with Crippen LogP contribution in [0, 0.1) is 5.92 Å². The van der Waals surface area contributed by atoms with Gasteiger partial charge in [0.05, 0.1) is 5.02 Å². The van der Waals surface area contributed by atoms with Crippen molar-refractivity contribution in [1.29, 1.82) is 0 Å². The molecular weight excluding hydrogens is 222 g/mol. The highest BCUT2D eigenvalue weighted by Gasteiger charge is 2.07. The predicted molar refractivity (Wildman–Crippen MR) is 69.6 cm³/mol.